The van der Waals surface area contributed by atoms with E-state index in [9.17, 15) is 8.42 Å². The SMILES string of the molecule is Cc1ccc2c(c1)NCCN2C1CCS(=O)(=O)C1. The molecule has 4 nitrogen and oxygen atoms in total. The number of benzene rings is 1. The summed E-state index contributed by atoms with van der Waals surface area (Å²) in [4.78, 5) is 2.26. The Morgan fingerprint density at radius 2 is 2.22 bits per heavy atom. The summed E-state index contributed by atoms with van der Waals surface area (Å²) in [6.45, 7) is 3.84. The van der Waals surface area contributed by atoms with Crippen molar-refractivity contribution in [3.05, 3.63) is 23.8 Å². The van der Waals surface area contributed by atoms with Gasteiger partial charge in [0, 0.05) is 19.1 Å². The maximum atomic E-state index is 11.6. The Balaban J connectivity index is 1.92. The van der Waals surface area contributed by atoms with Crippen LogP contribution >= 0.6 is 0 Å². The molecular weight excluding hydrogens is 248 g/mol. The van der Waals surface area contributed by atoms with Gasteiger partial charge in [-0.2, -0.15) is 0 Å². The minimum Gasteiger partial charge on any atom is -0.382 e. The van der Waals surface area contributed by atoms with Crippen LogP contribution in [-0.2, 0) is 9.84 Å². The Morgan fingerprint density at radius 1 is 1.39 bits per heavy atom. The first-order chi connectivity index (χ1) is 8.55. The summed E-state index contributed by atoms with van der Waals surface area (Å²) in [5, 5.41) is 3.39. The lowest BCUT2D eigenvalue weighted by molar-refractivity contribution is 0.599. The van der Waals surface area contributed by atoms with E-state index in [4.69, 9.17) is 0 Å². The molecule has 1 N–H and O–H groups in total. The zero-order valence-corrected chi connectivity index (χ0v) is 11.3. The van der Waals surface area contributed by atoms with Crippen molar-refractivity contribution in [2.24, 2.45) is 0 Å². The standard InChI is InChI=1S/C13H18N2O2S/c1-10-2-3-13-12(8-10)14-5-6-15(13)11-4-7-18(16,17)9-11/h2-3,8,11,14H,4-7,9H2,1H3. The number of fused-ring (bicyclic) bond motifs is 1. The normalized spacial score (nSPS) is 25.6. The molecule has 1 saturated heterocycles. The zero-order valence-electron chi connectivity index (χ0n) is 10.5. The van der Waals surface area contributed by atoms with Crippen LogP contribution in [0.2, 0.25) is 0 Å². The predicted octanol–water partition coefficient (Wildman–Crippen LogP) is 1.41. The van der Waals surface area contributed by atoms with Crippen molar-refractivity contribution >= 4 is 21.2 Å². The Hall–Kier alpha value is -1.23. The highest BCUT2D eigenvalue weighted by Crippen LogP contribution is 2.33. The number of nitrogens with zero attached hydrogens (tertiary/aromatic N) is 1. The molecule has 0 bridgehead atoms. The van der Waals surface area contributed by atoms with Crippen molar-refractivity contribution in [3.63, 3.8) is 0 Å². The molecule has 0 aromatic heterocycles. The molecule has 2 heterocycles. The molecule has 18 heavy (non-hydrogen) atoms. The van der Waals surface area contributed by atoms with Gasteiger partial charge >= 0.3 is 0 Å². The Morgan fingerprint density at radius 3 is 2.94 bits per heavy atom. The molecule has 1 atom stereocenters. The molecule has 3 rings (SSSR count). The quantitative estimate of drug-likeness (QED) is 0.835. The highest BCUT2D eigenvalue weighted by atomic mass is 32.2. The molecule has 98 valence electrons. The number of sulfone groups is 1. The number of nitrogens with one attached hydrogen (secondary N) is 1. The molecule has 5 heteroatoms. The van der Waals surface area contributed by atoms with E-state index in [-0.39, 0.29) is 6.04 Å². The van der Waals surface area contributed by atoms with Crippen molar-refractivity contribution in [1.82, 2.24) is 0 Å². The van der Waals surface area contributed by atoms with Crippen LogP contribution in [-0.4, -0.2) is 39.1 Å². The van der Waals surface area contributed by atoms with E-state index < -0.39 is 9.84 Å². The van der Waals surface area contributed by atoms with Gasteiger partial charge in [-0.05, 0) is 31.0 Å². The van der Waals surface area contributed by atoms with Crippen LogP contribution in [0.1, 0.15) is 12.0 Å². The minimum absolute atomic E-state index is 0.151. The second-order valence-corrected chi connectivity index (χ2v) is 7.43. The van der Waals surface area contributed by atoms with Crippen molar-refractivity contribution in [2.75, 3.05) is 34.8 Å². The summed E-state index contributed by atoms with van der Waals surface area (Å²) in [6.07, 6.45) is 0.760. The second-order valence-electron chi connectivity index (χ2n) is 5.20. The molecule has 1 fully saturated rings. The van der Waals surface area contributed by atoms with E-state index >= 15 is 0 Å². The monoisotopic (exact) mass is 266 g/mol. The highest BCUT2D eigenvalue weighted by Gasteiger charge is 2.34. The number of hydrogen-bond acceptors (Lipinski definition) is 4. The molecule has 0 aliphatic carbocycles. The molecular formula is C13H18N2O2S. The summed E-state index contributed by atoms with van der Waals surface area (Å²) in [5.41, 5.74) is 3.50. The van der Waals surface area contributed by atoms with Crippen LogP contribution in [0.3, 0.4) is 0 Å². The van der Waals surface area contributed by atoms with Gasteiger partial charge in [-0.3, -0.25) is 0 Å². The first-order valence-electron chi connectivity index (χ1n) is 6.37. The third kappa shape index (κ3) is 2.07. The molecule has 1 aromatic rings. The lowest BCUT2D eigenvalue weighted by Crippen LogP contribution is -2.42. The Kier molecular flexibility index (Phi) is 2.73. The number of hydrogen-bond donors (Lipinski definition) is 1. The van der Waals surface area contributed by atoms with E-state index in [1.54, 1.807) is 0 Å². The largest absolute Gasteiger partial charge is 0.382 e. The Bertz CT molecular complexity index is 568. The molecule has 2 aliphatic heterocycles. The van der Waals surface area contributed by atoms with Gasteiger partial charge in [-0.15, -0.1) is 0 Å². The fourth-order valence-corrected chi connectivity index (χ4v) is 4.60. The van der Waals surface area contributed by atoms with Crippen LogP contribution in [0.5, 0.6) is 0 Å². The van der Waals surface area contributed by atoms with Gasteiger partial charge in [0.15, 0.2) is 9.84 Å². The molecule has 2 aliphatic rings. The predicted molar refractivity (Wildman–Crippen MR) is 74.1 cm³/mol. The van der Waals surface area contributed by atoms with Crippen molar-refractivity contribution in [3.8, 4) is 0 Å². The summed E-state index contributed by atoms with van der Waals surface area (Å²) in [5.74, 6) is 0.642. The average Bonchev–Trinajstić information content (AvgIpc) is 2.68. The van der Waals surface area contributed by atoms with Gasteiger partial charge in [0.2, 0.25) is 0 Å². The highest BCUT2D eigenvalue weighted by molar-refractivity contribution is 7.91. The van der Waals surface area contributed by atoms with Gasteiger partial charge in [0.1, 0.15) is 0 Å². The molecule has 0 saturated carbocycles. The second kappa shape index (κ2) is 4.16. The van der Waals surface area contributed by atoms with Crippen LogP contribution in [0, 0.1) is 6.92 Å². The molecule has 0 spiro atoms. The topological polar surface area (TPSA) is 49.4 Å². The number of anilines is 2. The van der Waals surface area contributed by atoms with Gasteiger partial charge in [-0.25, -0.2) is 8.42 Å². The lowest BCUT2D eigenvalue weighted by Gasteiger charge is -2.36. The van der Waals surface area contributed by atoms with Crippen LogP contribution < -0.4 is 10.2 Å². The zero-order chi connectivity index (χ0) is 12.8. The van der Waals surface area contributed by atoms with E-state index in [0.717, 1.165) is 30.9 Å². The Labute approximate surface area is 108 Å². The average molecular weight is 266 g/mol. The smallest absolute Gasteiger partial charge is 0.152 e. The molecule has 0 radical (unpaired) electrons. The fraction of sp³-hybridized carbons (Fsp3) is 0.538. The molecule has 1 aromatic carbocycles. The fourth-order valence-electron chi connectivity index (χ4n) is 2.87. The summed E-state index contributed by atoms with van der Waals surface area (Å²) in [7, 11) is -2.82. The van der Waals surface area contributed by atoms with Crippen molar-refractivity contribution in [2.45, 2.75) is 19.4 Å². The number of aryl methyl sites for hydroxylation is 1. The number of rotatable bonds is 1. The first kappa shape index (κ1) is 11.8. The molecule has 0 amide bonds. The van der Waals surface area contributed by atoms with Crippen LogP contribution in [0.15, 0.2) is 18.2 Å². The van der Waals surface area contributed by atoms with E-state index in [2.05, 4.69) is 35.3 Å². The van der Waals surface area contributed by atoms with Gasteiger partial charge in [0.05, 0.1) is 22.9 Å². The van der Waals surface area contributed by atoms with Crippen LogP contribution in [0.25, 0.3) is 0 Å². The third-order valence-corrected chi connectivity index (χ3v) is 5.53. The lowest BCUT2D eigenvalue weighted by atomic mass is 10.1. The van der Waals surface area contributed by atoms with Gasteiger partial charge in [0.25, 0.3) is 0 Å². The maximum Gasteiger partial charge on any atom is 0.152 e. The molecule has 1 unspecified atom stereocenters. The summed E-state index contributed by atoms with van der Waals surface area (Å²) < 4.78 is 23.2. The van der Waals surface area contributed by atoms with E-state index in [1.807, 2.05) is 0 Å². The van der Waals surface area contributed by atoms with Crippen molar-refractivity contribution < 1.29 is 8.42 Å². The maximum absolute atomic E-state index is 11.6. The van der Waals surface area contributed by atoms with E-state index in [1.165, 1.54) is 5.56 Å². The van der Waals surface area contributed by atoms with E-state index in [0.29, 0.717) is 11.5 Å². The van der Waals surface area contributed by atoms with Gasteiger partial charge < -0.3 is 10.2 Å². The first-order valence-corrected chi connectivity index (χ1v) is 8.19. The van der Waals surface area contributed by atoms with Crippen molar-refractivity contribution in [1.29, 1.82) is 0 Å². The summed E-state index contributed by atoms with van der Waals surface area (Å²) >= 11 is 0. The third-order valence-electron chi connectivity index (χ3n) is 3.78. The van der Waals surface area contributed by atoms with Gasteiger partial charge in [-0.1, -0.05) is 6.07 Å². The summed E-state index contributed by atoms with van der Waals surface area (Å²) in [6, 6.07) is 6.47. The van der Waals surface area contributed by atoms with Crippen LogP contribution in [0.4, 0.5) is 11.4 Å². The minimum atomic E-state index is -2.82.